The molecule has 158 valence electrons. The van der Waals surface area contributed by atoms with E-state index in [9.17, 15) is 9.18 Å². The van der Waals surface area contributed by atoms with E-state index in [1.54, 1.807) is 43.6 Å². The Balaban J connectivity index is 1.63. The van der Waals surface area contributed by atoms with Gasteiger partial charge < -0.3 is 25.5 Å². The highest BCUT2D eigenvalue weighted by Gasteiger charge is 2.17. The van der Waals surface area contributed by atoms with Gasteiger partial charge in [0.1, 0.15) is 29.7 Å². The summed E-state index contributed by atoms with van der Waals surface area (Å²) >= 11 is 0. The monoisotopic (exact) mass is 412 g/mol. The molecule has 0 spiro atoms. The normalized spacial score (nSPS) is 11.8. The summed E-state index contributed by atoms with van der Waals surface area (Å²) in [6, 6.07) is 11.2. The van der Waals surface area contributed by atoms with Crippen molar-refractivity contribution in [1.29, 1.82) is 0 Å². The molecule has 0 fully saturated rings. The smallest absolute Gasteiger partial charge is 0.234 e. The van der Waals surface area contributed by atoms with Crippen molar-refractivity contribution in [3.63, 3.8) is 0 Å². The van der Waals surface area contributed by atoms with E-state index in [1.165, 1.54) is 6.07 Å². The number of methoxy groups -OCH3 is 1. The minimum absolute atomic E-state index is 0.112. The maximum atomic E-state index is 13.7. The fourth-order valence-electron chi connectivity index (χ4n) is 3.04. The molecule has 7 nitrogen and oxygen atoms in total. The van der Waals surface area contributed by atoms with Crippen molar-refractivity contribution in [2.24, 2.45) is 5.73 Å². The zero-order valence-corrected chi connectivity index (χ0v) is 16.9. The van der Waals surface area contributed by atoms with Gasteiger partial charge in [0.05, 0.1) is 13.2 Å². The van der Waals surface area contributed by atoms with E-state index in [0.29, 0.717) is 30.0 Å². The number of aryl methyl sites for hydroxylation is 1. The summed E-state index contributed by atoms with van der Waals surface area (Å²) in [7, 11) is 1.55. The van der Waals surface area contributed by atoms with Gasteiger partial charge in [-0.15, -0.1) is 0 Å². The molecule has 30 heavy (non-hydrogen) atoms. The molecule has 1 heterocycles. The van der Waals surface area contributed by atoms with Crippen LogP contribution in [0, 0.1) is 12.7 Å². The van der Waals surface area contributed by atoms with Gasteiger partial charge in [-0.1, -0.05) is 24.3 Å². The lowest BCUT2D eigenvalue weighted by Crippen LogP contribution is -2.42. The zero-order valence-electron chi connectivity index (χ0n) is 16.9. The van der Waals surface area contributed by atoms with Crippen molar-refractivity contribution in [2.75, 3.05) is 7.11 Å². The number of rotatable bonds is 10. The molecule has 3 aromatic rings. The summed E-state index contributed by atoms with van der Waals surface area (Å²) < 4.78 is 24.9. The Morgan fingerprint density at radius 1 is 1.27 bits per heavy atom. The summed E-state index contributed by atoms with van der Waals surface area (Å²) in [6.07, 6.45) is 2.09. The predicted molar refractivity (Wildman–Crippen MR) is 111 cm³/mol. The van der Waals surface area contributed by atoms with Gasteiger partial charge in [0, 0.05) is 42.0 Å². The number of aromatic amines is 1. The maximum Gasteiger partial charge on any atom is 0.234 e. The van der Waals surface area contributed by atoms with Gasteiger partial charge in [0.25, 0.3) is 0 Å². The third kappa shape index (κ3) is 5.57. The van der Waals surface area contributed by atoms with Crippen LogP contribution in [0.4, 0.5) is 4.39 Å². The average Bonchev–Trinajstić information content (AvgIpc) is 3.15. The number of nitrogens with zero attached hydrogens (tertiary/aromatic N) is 1. The number of imidazole rings is 1. The number of H-pyrrole nitrogens is 1. The fraction of sp³-hybridized carbons (Fsp3) is 0.273. The van der Waals surface area contributed by atoms with Crippen LogP contribution in [0.15, 0.2) is 48.7 Å². The van der Waals surface area contributed by atoms with Gasteiger partial charge in [-0.25, -0.2) is 9.37 Å². The van der Waals surface area contributed by atoms with Gasteiger partial charge in [0.2, 0.25) is 5.91 Å². The number of primary amides is 1. The highest BCUT2D eigenvalue weighted by atomic mass is 19.1. The van der Waals surface area contributed by atoms with E-state index in [0.717, 1.165) is 17.1 Å². The highest BCUT2D eigenvalue weighted by molar-refractivity contribution is 5.80. The third-order valence-corrected chi connectivity index (χ3v) is 4.67. The molecule has 1 aromatic heterocycles. The quantitative estimate of drug-likeness (QED) is 0.475. The van der Waals surface area contributed by atoms with Crippen LogP contribution in [-0.4, -0.2) is 29.0 Å². The number of carbonyl (C=O) groups excluding carboxylic acids is 1. The van der Waals surface area contributed by atoms with Crippen LogP contribution in [-0.2, 0) is 24.4 Å². The molecule has 1 amide bonds. The van der Waals surface area contributed by atoms with Crippen LogP contribution in [0.1, 0.15) is 22.6 Å². The maximum absolute atomic E-state index is 13.7. The molecule has 0 aliphatic heterocycles. The fourth-order valence-corrected chi connectivity index (χ4v) is 3.04. The van der Waals surface area contributed by atoms with Crippen LogP contribution < -0.4 is 20.5 Å². The van der Waals surface area contributed by atoms with Gasteiger partial charge in [-0.3, -0.25) is 4.79 Å². The molecule has 0 aliphatic rings. The van der Waals surface area contributed by atoms with Crippen molar-refractivity contribution >= 4 is 5.91 Å². The molecule has 0 saturated carbocycles. The lowest BCUT2D eigenvalue weighted by molar-refractivity contribution is -0.120. The summed E-state index contributed by atoms with van der Waals surface area (Å²) in [4.78, 5) is 19.1. The number of nitrogens with two attached hydrogens (primary N) is 1. The lowest BCUT2D eigenvalue weighted by Gasteiger charge is -2.17. The number of ether oxygens (including phenoxy) is 2. The first-order valence-corrected chi connectivity index (χ1v) is 9.52. The molecule has 1 unspecified atom stereocenters. The number of amides is 1. The van der Waals surface area contributed by atoms with E-state index in [1.807, 2.05) is 13.0 Å². The molecule has 1 atom stereocenters. The van der Waals surface area contributed by atoms with Crippen molar-refractivity contribution in [3.8, 4) is 11.5 Å². The number of nitrogens with one attached hydrogen (secondary N) is 2. The Morgan fingerprint density at radius 2 is 2.07 bits per heavy atom. The number of hydrogen-bond acceptors (Lipinski definition) is 5. The second kappa shape index (κ2) is 9.89. The Kier molecular flexibility index (Phi) is 7.03. The van der Waals surface area contributed by atoms with E-state index in [2.05, 4.69) is 15.3 Å². The molecule has 0 aliphatic carbocycles. The minimum atomic E-state index is -0.563. The van der Waals surface area contributed by atoms with Crippen molar-refractivity contribution in [1.82, 2.24) is 15.3 Å². The first-order chi connectivity index (χ1) is 14.5. The van der Waals surface area contributed by atoms with Crippen LogP contribution in [0.3, 0.4) is 0 Å². The van der Waals surface area contributed by atoms with Gasteiger partial charge in [-0.2, -0.15) is 0 Å². The Morgan fingerprint density at radius 3 is 2.73 bits per heavy atom. The standard InChI is InChI=1S/C22H25FN4O3/c1-14-25-12-17(27-14)9-20(22(24)28)26-11-15-7-8-18(10-21(15)29-2)30-13-16-5-3-4-6-19(16)23/h3-8,10,12,20,26H,9,11,13H2,1-2H3,(H2,24,28)(H,25,27). The molecular formula is C22H25FN4O3. The van der Waals surface area contributed by atoms with Gasteiger partial charge in [-0.05, 0) is 19.1 Å². The largest absolute Gasteiger partial charge is 0.496 e. The molecule has 0 bridgehead atoms. The molecule has 0 saturated heterocycles. The van der Waals surface area contributed by atoms with Crippen molar-refractivity contribution in [3.05, 3.63) is 77.1 Å². The second-order valence-corrected chi connectivity index (χ2v) is 6.89. The first kappa shape index (κ1) is 21.3. The van der Waals surface area contributed by atoms with Crippen LogP contribution in [0.2, 0.25) is 0 Å². The molecule has 3 rings (SSSR count). The first-order valence-electron chi connectivity index (χ1n) is 9.52. The van der Waals surface area contributed by atoms with E-state index in [4.69, 9.17) is 15.2 Å². The second-order valence-electron chi connectivity index (χ2n) is 6.89. The highest BCUT2D eigenvalue weighted by Crippen LogP contribution is 2.26. The number of benzene rings is 2. The van der Waals surface area contributed by atoms with Crippen LogP contribution in [0.5, 0.6) is 11.5 Å². The van der Waals surface area contributed by atoms with Gasteiger partial charge in [0.15, 0.2) is 0 Å². The lowest BCUT2D eigenvalue weighted by atomic mass is 10.1. The molecule has 2 aromatic carbocycles. The van der Waals surface area contributed by atoms with Crippen LogP contribution >= 0.6 is 0 Å². The summed E-state index contributed by atoms with van der Waals surface area (Å²) in [5, 5.41) is 3.16. The van der Waals surface area contributed by atoms with E-state index >= 15 is 0 Å². The van der Waals surface area contributed by atoms with Gasteiger partial charge >= 0.3 is 0 Å². The third-order valence-electron chi connectivity index (χ3n) is 4.67. The Bertz CT molecular complexity index is 1010. The zero-order chi connectivity index (χ0) is 21.5. The number of hydrogen-bond donors (Lipinski definition) is 3. The SMILES string of the molecule is COc1cc(OCc2ccccc2F)ccc1CNC(Cc1cnc(C)[nH]1)C(N)=O. The van der Waals surface area contributed by atoms with E-state index in [-0.39, 0.29) is 12.4 Å². The molecular weight excluding hydrogens is 387 g/mol. The van der Waals surface area contributed by atoms with Crippen molar-refractivity contribution < 1.29 is 18.7 Å². The summed E-state index contributed by atoms with van der Waals surface area (Å²) in [5.41, 5.74) is 7.67. The molecule has 0 radical (unpaired) electrons. The summed E-state index contributed by atoms with van der Waals surface area (Å²) in [6.45, 7) is 2.33. The van der Waals surface area contributed by atoms with Crippen molar-refractivity contribution in [2.45, 2.75) is 32.5 Å². The van der Waals surface area contributed by atoms with Crippen LogP contribution in [0.25, 0.3) is 0 Å². The Hall–Kier alpha value is -3.39. The summed E-state index contributed by atoms with van der Waals surface area (Å²) in [5.74, 6) is 1.16. The Labute approximate surface area is 174 Å². The molecule has 4 N–H and O–H groups in total. The number of halogens is 1. The average molecular weight is 412 g/mol. The number of carbonyl (C=O) groups is 1. The minimum Gasteiger partial charge on any atom is -0.496 e. The topological polar surface area (TPSA) is 102 Å². The van der Waals surface area contributed by atoms with E-state index < -0.39 is 11.9 Å². The molecule has 8 heteroatoms. The number of aromatic nitrogens is 2. The predicted octanol–water partition coefficient (Wildman–Crippen LogP) is 2.63.